The second kappa shape index (κ2) is 7.65. The van der Waals surface area contributed by atoms with Crippen LogP contribution in [0.1, 0.15) is 45.4 Å². The first-order chi connectivity index (χ1) is 8.20. The van der Waals surface area contributed by atoms with Crippen LogP contribution in [0.3, 0.4) is 0 Å². The molecule has 17 heavy (non-hydrogen) atoms. The molecular formula is C13H24N2O2. The first-order valence-corrected chi connectivity index (χ1v) is 6.59. The van der Waals surface area contributed by atoms with E-state index >= 15 is 0 Å². The Labute approximate surface area is 104 Å². The van der Waals surface area contributed by atoms with Crippen molar-refractivity contribution < 1.29 is 9.47 Å². The van der Waals surface area contributed by atoms with E-state index in [1.165, 1.54) is 12.8 Å². The molecule has 0 bridgehead atoms. The molecule has 4 heteroatoms. The van der Waals surface area contributed by atoms with Gasteiger partial charge in [-0.25, -0.2) is 0 Å². The van der Waals surface area contributed by atoms with E-state index in [0.29, 0.717) is 26.1 Å². The molecule has 98 valence electrons. The highest BCUT2D eigenvalue weighted by Gasteiger charge is 2.21. The second-order valence-electron chi connectivity index (χ2n) is 4.79. The third kappa shape index (κ3) is 5.49. The predicted octanol–water partition coefficient (Wildman–Crippen LogP) is 1.98. The van der Waals surface area contributed by atoms with Gasteiger partial charge in [-0.15, -0.1) is 0 Å². The Morgan fingerprint density at radius 3 is 2.94 bits per heavy atom. The number of ether oxygens (including phenoxy) is 2. The number of hydrogen-bond donors (Lipinski definition) is 1. The fraction of sp³-hybridized carbons (Fsp3) is 0.923. The monoisotopic (exact) mass is 240 g/mol. The standard InChI is InChI=1S/C13H24N2O2/c1-2-13(15,11-14)7-5-8-16-10-12-6-3-4-9-17-12/h12H,2-10,15H2,1H3. The molecule has 0 aromatic heterocycles. The lowest BCUT2D eigenvalue weighted by atomic mass is 9.94. The largest absolute Gasteiger partial charge is 0.379 e. The first kappa shape index (κ1) is 14.4. The molecule has 0 radical (unpaired) electrons. The Hall–Kier alpha value is -0.630. The average Bonchev–Trinajstić information content (AvgIpc) is 2.39. The van der Waals surface area contributed by atoms with Gasteiger partial charge in [-0.05, 0) is 38.5 Å². The minimum atomic E-state index is -0.676. The lowest BCUT2D eigenvalue weighted by Crippen LogP contribution is -2.37. The van der Waals surface area contributed by atoms with E-state index in [1.807, 2.05) is 6.92 Å². The fourth-order valence-corrected chi connectivity index (χ4v) is 1.96. The Kier molecular flexibility index (Phi) is 6.49. The third-order valence-corrected chi connectivity index (χ3v) is 3.34. The molecule has 0 aliphatic carbocycles. The molecule has 0 amide bonds. The van der Waals surface area contributed by atoms with Crippen molar-refractivity contribution in [2.24, 2.45) is 5.73 Å². The van der Waals surface area contributed by atoms with E-state index in [2.05, 4.69) is 6.07 Å². The highest BCUT2D eigenvalue weighted by atomic mass is 16.5. The number of nitriles is 1. The van der Waals surface area contributed by atoms with Crippen molar-refractivity contribution in [1.29, 1.82) is 5.26 Å². The van der Waals surface area contributed by atoms with Crippen molar-refractivity contribution in [1.82, 2.24) is 0 Å². The zero-order valence-corrected chi connectivity index (χ0v) is 10.8. The maximum Gasteiger partial charge on any atom is 0.104 e. The molecule has 1 rings (SSSR count). The quantitative estimate of drug-likeness (QED) is 0.691. The number of hydrogen-bond acceptors (Lipinski definition) is 4. The molecular weight excluding hydrogens is 216 g/mol. The van der Waals surface area contributed by atoms with E-state index in [-0.39, 0.29) is 6.10 Å². The summed E-state index contributed by atoms with van der Waals surface area (Å²) in [5.41, 5.74) is 5.20. The molecule has 1 aliphatic rings. The van der Waals surface area contributed by atoms with Crippen LogP contribution < -0.4 is 5.73 Å². The van der Waals surface area contributed by atoms with Crippen LogP contribution >= 0.6 is 0 Å². The molecule has 1 fully saturated rings. The predicted molar refractivity (Wildman–Crippen MR) is 66.5 cm³/mol. The summed E-state index contributed by atoms with van der Waals surface area (Å²) < 4.78 is 11.1. The summed E-state index contributed by atoms with van der Waals surface area (Å²) in [4.78, 5) is 0. The molecule has 1 aliphatic heterocycles. The summed E-state index contributed by atoms with van der Waals surface area (Å²) in [6.07, 6.45) is 6.02. The van der Waals surface area contributed by atoms with Crippen molar-refractivity contribution in [2.75, 3.05) is 19.8 Å². The summed E-state index contributed by atoms with van der Waals surface area (Å²) in [5, 5.41) is 8.91. The third-order valence-electron chi connectivity index (χ3n) is 3.34. The van der Waals surface area contributed by atoms with Crippen LogP contribution in [0.2, 0.25) is 0 Å². The Morgan fingerprint density at radius 1 is 1.53 bits per heavy atom. The molecule has 0 aromatic rings. The lowest BCUT2D eigenvalue weighted by molar-refractivity contribution is -0.0414. The highest BCUT2D eigenvalue weighted by Crippen LogP contribution is 2.14. The van der Waals surface area contributed by atoms with Crippen LogP contribution in [0.5, 0.6) is 0 Å². The molecule has 0 spiro atoms. The van der Waals surface area contributed by atoms with Gasteiger partial charge in [-0.1, -0.05) is 6.92 Å². The number of nitrogens with two attached hydrogens (primary N) is 1. The molecule has 2 atom stereocenters. The van der Waals surface area contributed by atoms with Crippen LogP contribution in [-0.4, -0.2) is 31.5 Å². The van der Waals surface area contributed by atoms with Crippen molar-refractivity contribution in [2.45, 2.75) is 57.1 Å². The summed E-state index contributed by atoms with van der Waals surface area (Å²) in [6, 6.07) is 2.17. The van der Waals surface area contributed by atoms with E-state index in [1.54, 1.807) is 0 Å². The van der Waals surface area contributed by atoms with Crippen LogP contribution in [-0.2, 0) is 9.47 Å². The Bertz CT molecular complexity index is 246. The second-order valence-corrected chi connectivity index (χ2v) is 4.79. The summed E-state index contributed by atoms with van der Waals surface area (Å²) in [7, 11) is 0. The van der Waals surface area contributed by atoms with Crippen LogP contribution in [0.4, 0.5) is 0 Å². The van der Waals surface area contributed by atoms with Crippen molar-refractivity contribution in [3.8, 4) is 6.07 Å². The number of rotatable bonds is 7. The highest BCUT2D eigenvalue weighted by molar-refractivity contribution is 5.03. The molecule has 2 N–H and O–H groups in total. The first-order valence-electron chi connectivity index (χ1n) is 6.59. The zero-order chi connectivity index (χ0) is 12.6. The van der Waals surface area contributed by atoms with Crippen molar-refractivity contribution in [3.05, 3.63) is 0 Å². The molecule has 2 unspecified atom stereocenters. The molecule has 0 aromatic carbocycles. The van der Waals surface area contributed by atoms with Gasteiger partial charge in [0.25, 0.3) is 0 Å². The van der Waals surface area contributed by atoms with E-state index in [9.17, 15) is 0 Å². The molecule has 1 saturated heterocycles. The minimum absolute atomic E-state index is 0.272. The van der Waals surface area contributed by atoms with Gasteiger partial charge in [0, 0.05) is 13.2 Å². The minimum Gasteiger partial charge on any atom is -0.379 e. The molecule has 4 nitrogen and oxygen atoms in total. The normalized spacial score (nSPS) is 23.9. The number of nitrogens with zero attached hydrogens (tertiary/aromatic N) is 1. The van der Waals surface area contributed by atoms with Gasteiger partial charge < -0.3 is 15.2 Å². The van der Waals surface area contributed by atoms with Gasteiger partial charge in [-0.3, -0.25) is 0 Å². The smallest absolute Gasteiger partial charge is 0.104 e. The van der Waals surface area contributed by atoms with Gasteiger partial charge in [0.05, 0.1) is 18.8 Å². The van der Waals surface area contributed by atoms with Crippen LogP contribution in [0.15, 0.2) is 0 Å². The average molecular weight is 240 g/mol. The zero-order valence-electron chi connectivity index (χ0n) is 10.8. The van der Waals surface area contributed by atoms with Crippen molar-refractivity contribution in [3.63, 3.8) is 0 Å². The Balaban J connectivity index is 2.02. The maximum absolute atomic E-state index is 8.91. The molecule has 0 saturated carbocycles. The SMILES string of the molecule is CCC(N)(C#N)CCCOCC1CCCCO1. The van der Waals surface area contributed by atoms with E-state index < -0.39 is 5.54 Å². The van der Waals surface area contributed by atoms with Gasteiger partial charge in [0.1, 0.15) is 5.54 Å². The fourth-order valence-electron chi connectivity index (χ4n) is 1.96. The molecule has 1 heterocycles. The van der Waals surface area contributed by atoms with E-state index in [4.69, 9.17) is 20.5 Å². The van der Waals surface area contributed by atoms with Gasteiger partial charge >= 0.3 is 0 Å². The summed E-state index contributed by atoms with van der Waals surface area (Å²) >= 11 is 0. The maximum atomic E-state index is 8.91. The summed E-state index contributed by atoms with van der Waals surface area (Å²) in [6.45, 7) is 4.15. The van der Waals surface area contributed by atoms with Crippen LogP contribution in [0.25, 0.3) is 0 Å². The van der Waals surface area contributed by atoms with Gasteiger partial charge in [0.2, 0.25) is 0 Å². The topological polar surface area (TPSA) is 68.3 Å². The van der Waals surface area contributed by atoms with Crippen molar-refractivity contribution >= 4 is 0 Å². The summed E-state index contributed by atoms with van der Waals surface area (Å²) in [5.74, 6) is 0. The van der Waals surface area contributed by atoms with Gasteiger partial charge in [0.15, 0.2) is 0 Å². The van der Waals surface area contributed by atoms with Crippen LogP contribution in [0, 0.1) is 11.3 Å². The Morgan fingerprint density at radius 2 is 2.35 bits per heavy atom. The van der Waals surface area contributed by atoms with E-state index in [0.717, 1.165) is 19.4 Å². The lowest BCUT2D eigenvalue weighted by Gasteiger charge is -2.23. The van der Waals surface area contributed by atoms with Gasteiger partial charge in [-0.2, -0.15) is 5.26 Å².